The number of thioether (sulfide) groups is 1. The number of rotatable bonds is 3. The molecule has 2 atom stereocenters. The molecule has 0 aliphatic carbocycles. The van der Waals surface area contributed by atoms with Crippen LogP contribution in [0.1, 0.15) is 24.5 Å². The summed E-state index contributed by atoms with van der Waals surface area (Å²) in [6.45, 7) is 0. The SMILES string of the molecule is CSCCC1CC(O)c2cc(F)ccc2O1. The second-order valence-corrected chi connectivity index (χ2v) is 4.94. The normalized spacial score (nSPS) is 23.7. The lowest BCUT2D eigenvalue weighted by Gasteiger charge is -2.29. The maximum Gasteiger partial charge on any atom is 0.125 e. The van der Waals surface area contributed by atoms with Gasteiger partial charge in [0.1, 0.15) is 17.7 Å². The summed E-state index contributed by atoms with van der Waals surface area (Å²) >= 11 is 1.76. The van der Waals surface area contributed by atoms with Crippen molar-refractivity contribution in [1.82, 2.24) is 0 Å². The minimum absolute atomic E-state index is 0.0420. The lowest BCUT2D eigenvalue weighted by Crippen LogP contribution is -2.26. The highest BCUT2D eigenvalue weighted by molar-refractivity contribution is 7.98. The summed E-state index contributed by atoms with van der Waals surface area (Å²) in [6.07, 6.45) is 2.95. The topological polar surface area (TPSA) is 29.5 Å². The van der Waals surface area contributed by atoms with Crippen LogP contribution in [0.2, 0.25) is 0 Å². The van der Waals surface area contributed by atoms with Gasteiger partial charge < -0.3 is 9.84 Å². The highest BCUT2D eigenvalue weighted by Crippen LogP contribution is 2.36. The first kappa shape index (κ1) is 11.7. The van der Waals surface area contributed by atoms with E-state index in [1.807, 2.05) is 6.26 Å². The van der Waals surface area contributed by atoms with E-state index in [2.05, 4.69) is 0 Å². The molecule has 0 bridgehead atoms. The quantitative estimate of drug-likeness (QED) is 0.883. The molecule has 0 radical (unpaired) electrons. The van der Waals surface area contributed by atoms with E-state index in [1.165, 1.54) is 12.1 Å². The third-order valence-electron chi connectivity index (χ3n) is 2.75. The maximum absolute atomic E-state index is 13.0. The van der Waals surface area contributed by atoms with E-state index in [0.29, 0.717) is 17.7 Å². The van der Waals surface area contributed by atoms with Crippen molar-refractivity contribution in [3.8, 4) is 5.75 Å². The minimum atomic E-state index is -0.605. The fraction of sp³-hybridized carbons (Fsp3) is 0.500. The molecule has 2 rings (SSSR count). The van der Waals surface area contributed by atoms with Crippen LogP contribution in [0.15, 0.2) is 18.2 Å². The van der Waals surface area contributed by atoms with Crippen molar-refractivity contribution in [2.45, 2.75) is 25.0 Å². The van der Waals surface area contributed by atoms with Crippen molar-refractivity contribution in [3.05, 3.63) is 29.6 Å². The maximum atomic E-state index is 13.0. The van der Waals surface area contributed by atoms with Crippen LogP contribution in [0.3, 0.4) is 0 Å². The lowest BCUT2D eigenvalue weighted by molar-refractivity contribution is 0.0644. The Kier molecular flexibility index (Phi) is 3.71. The number of hydrogen-bond acceptors (Lipinski definition) is 3. The Hall–Kier alpha value is -0.740. The van der Waals surface area contributed by atoms with Crippen LogP contribution in [-0.2, 0) is 0 Å². The summed E-state index contributed by atoms with van der Waals surface area (Å²) in [5, 5.41) is 9.90. The van der Waals surface area contributed by atoms with Gasteiger partial charge in [0.2, 0.25) is 0 Å². The first-order chi connectivity index (χ1) is 7.70. The van der Waals surface area contributed by atoms with Gasteiger partial charge in [-0.3, -0.25) is 0 Å². The Labute approximate surface area is 98.8 Å². The standard InChI is InChI=1S/C12H15FO2S/c1-16-5-4-9-7-11(14)10-6-8(13)2-3-12(10)15-9/h2-3,6,9,11,14H,4-5,7H2,1H3. The van der Waals surface area contributed by atoms with Gasteiger partial charge in [0.15, 0.2) is 0 Å². The summed E-state index contributed by atoms with van der Waals surface area (Å²) in [7, 11) is 0. The number of hydrogen-bond donors (Lipinski definition) is 1. The molecule has 0 spiro atoms. The Bertz CT molecular complexity index is 370. The molecule has 0 fully saturated rings. The molecule has 0 aromatic heterocycles. The molecule has 1 aromatic carbocycles. The Morgan fingerprint density at radius 2 is 2.38 bits per heavy atom. The molecule has 0 amide bonds. The fourth-order valence-electron chi connectivity index (χ4n) is 1.92. The number of ether oxygens (including phenoxy) is 1. The van der Waals surface area contributed by atoms with E-state index >= 15 is 0 Å². The molecule has 0 saturated heterocycles. The van der Waals surface area contributed by atoms with Crippen LogP contribution < -0.4 is 4.74 Å². The molecule has 1 heterocycles. The zero-order chi connectivity index (χ0) is 11.5. The molecule has 1 aliphatic rings. The molecule has 2 unspecified atom stereocenters. The van der Waals surface area contributed by atoms with Crippen molar-refractivity contribution in [3.63, 3.8) is 0 Å². The van der Waals surface area contributed by atoms with Crippen molar-refractivity contribution in [2.75, 3.05) is 12.0 Å². The van der Waals surface area contributed by atoms with E-state index in [0.717, 1.165) is 12.2 Å². The molecule has 1 aromatic rings. The monoisotopic (exact) mass is 242 g/mol. The third kappa shape index (κ3) is 2.50. The van der Waals surface area contributed by atoms with Crippen molar-refractivity contribution < 1.29 is 14.2 Å². The van der Waals surface area contributed by atoms with Gasteiger partial charge in [0.05, 0.1) is 6.10 Å². The highest BCUT2D eigenvalue weighted by Gasteiger charge is 2.26. The van der Waals surface area contributed by atoms with E-state index in [-0.39, 0.29) is 11.9 Å². The van der Waals surface area contributed by atoms with E-state index in [9.17, 15) is 9.50 Å². The van der Waals surface area contributed by atoms with Crippen LogP contribution >= 0.6 is 11.8 Å². The van der Waals surface area contributed by atoms with Crippen LogP contribution in [0.25, 0.3) is 0 Å². The summed E-state index contributed by atoms with van der Waals surface area (Å²) in [6, 6.07) is 4.31. The van der Waals surface area contributed by atoms with Gasteiger partial charge in [-0.1, -0.05) is 0 Å². The number of aliphatic hydroxyl groups excluding tert-OH is 1. The Morgan fingerprint density at radius 3 is 3.12 bits per heavy atom. The molecular formula is C12H15FO2S. The smallest absolute Gasteiger partial charge is 0.125 e. The molecule has 4 heteroatoms. The number of aliphatic hydroxyl groups is 1. The molecule has 1 aliphatic heterocycles. The molecule has 1 N–H and O–H groups in total. The van der Waals surface area contributed by atoms with E-state index < -0.39 is 6.10 Å². The summed E-state index contributed by atoms with van der Waals surface area (Å²) < 4.78 is 18.7. The first-order valence-corrected chi connectivity index (χ1v) is 6.73. The predicted octanol–water partition coefficient (Wildman–Crippen LogP) is 2.76. The minimum Gasteiger partial charge on any atom is -0.490 e. The van der Waals surface area contributed by atoms with Crippen LogP contribution in [0.5, 0.6) is 5.75 Å². The number of fused-ring (bicyclic) bond motifs is 1. The highest BCUT2D eigenvalue weighted by atomic mass is 32.2. The van der Waals surface area contributed by atoms with Crippen molar-refractivity contribution in [1.29, 1.82) is 0 Å². The first-order valence-electron chi connectivity index (χ1n) is 5.34. The molecule has 2 nitrogen and oxygen atoms in total. The van der Waals surface area contributed by atoms with Gasteiger partial charge in [-0.15, -0.1) is 0 Å². The average molecular weight is 242 g/mol. The predicted molar refractivity (Wildman–Crippen MR) is 63.4 cm³/mol. The van der Waals surface area contributed by atoms with Gasteiger partial charge in [0, 0.05) is 12.0 Å². The van der Waals surface area contributed by atoms with Crippen molar-refractivity contribution in [2.24, 2.45) is 0 Å². The lowest BCUT2D eigenvalue weighted by atomic mass is 9.98. The van der Waals surface area contributed by atoms with Crippen LogP contribution in [0.4, 0.5) is 4.39 Å². The number of benzene rings is 1. The van der Waals surface area contributed by atoms with Gasteiger partial charge in [0.25, 0.3) is 0 Å². The van der Waals surface area contributed by atoms with Crippen LogP contribution in [0, 0.1) is 5.82 Å². The largest absolute Gasteiger partial charge is 0.490 e. The second-order valence-electron chi connectivity index (χ2n) is 3.95. The molecular weight excluding hydrogens is 227 g/mol. The zero-order valence-electron chi connectivity index (χ0n) is 9.15. The third-order valence-corrected chi connectivity index (χ3v) is 3.40. The fourth-order valence-corrected chi connectivity index (χ4v) is 2.42. The van der Waals surface area contributed by atoms with Gasteiger partial charge in [-0.2, -0.15) is 11.8 Å². The van der Waals surface area contributed by atoms with E-state index in [1.54, 1.807) is 17.8 Å². The van der Waals surface area contributed by atoms with Gasteiger partial charge >= 0.3 is 0 Å². The number of halogens is 1. The van der Waals surface area contributed by atoms with Gasteiger partial charge in [-0.25, -0.2) is 4.39 Å². The summed E-state index contributed by atoms with van der Waals surface area (Å²) in [4.78, 5) is 0. The van der Waals surface area contributed by atoms with Crippen molar-refractivity contribution >= 4 is 11.8 Å². The molecule has 0 saturated carbocycles. The molecule has 88 valence electrons. The Balaban J connectivity index is 2.13. The molecule has 16 heavy (non-hydrogen) atoms. The summed E-state index contributed by atoms with van der Waals surface area (Å²) in [5.41, 5.74) is 0.570. The van der Waals surface area contributed by atoms with E-state index in [4.69, 9.17) is 4.74 Å². The zero-order valence-corrected chi connectivity index (χ0v) is 9.97. The second kappa shape index (κ2) is 5.06. The summed E-state index contributed by atoms with van der Waals surface area (Å²) in [5.74, 6) is 1.30. The Morgan fingerprint density at radius 1 is 1.56 bits per heavy atom. The van der Waals surface area contributed by atoms with Crippen LogP contribution in [-0.4, -0.2) is 23.2 Å². The van der Waals surface area contributed by atoms with Gasteiger partial charge in [-0.05, 0) is 36.6 Å². The average Bonchev–Trinajstić information content (AvgIpc) is 2.27.